The van der Waals surface area contributed by atoms with E-state index in [-0.39, 0.29) is 11.3 Å². The Morgan fingerprint density at radius 2 is 2.00 bits per heavy atom. The van der Waals surface area contributed by atoms with Gasteiger partial charge in [0.1, 0.15) is 11.4 Å². The van der Waals surface area contributed by atoms with Crippen LogP contribution in [-0.2, 0) is 6.54 Å². The first kappa shape index (κ1) is 12.4. The summed E-state index contributed by atoms with van der Waals surface area (Å²) in [7, 11) is 0. The summed E-state index contributed by atoms with van der Waals surface area (Å²) in [5, 5.41) is 10.4. The van der Waals surface area contributed by atoms with E-state index in [1.165, 1.54) is 6.07 Å². The molecule has 0 atom stereocenters. The van der Waals surface area contributed by atoms with E-state index in [9.17, 15) is 9.90 Å². The second kappa shape index (κ2) is 4.81. The molecule has 20 heavy (non-hydrogen) atoms. The fraction of sp³-hybridized carbons (Fsp3) is 0.125. The van der Waals surface area contributed by atoms with Crippen molar-refractivity contribution in [3.05, 3.63) is 70.1 Å². The van der Waals surface area contributed by atoms with Crippen LogP contribution >= 0.6 is 0 Å². The molecule has 1 N–H and O–H groups in total. The van der Waals surface area contributed by atoms with Gasteiger partial charge in [0.2, 0.25) is 0 Å². The van der Waals surface area contributed by atoms with Gasteiger partial charge in [-0.1, -0.05) is 24.3 Å². The average Bonchev–Trinajstić information content (AvgIpc) is 2.45. The summed E-state index contributed by atoms with van der Waals surface area (Å²) in [5.41, 5.74) is 2.43. The van der Waals surface area contributed by atoms with Gasteiger partial charge in [-0.3, -0.25) is 9.36 Å². The zero-order chi connectivity index (χ0) is 14.1. The minimum absolute atomic E-state index is 0.0286. The molecule has 0 spiro atoms. The molecule has 4 nitrogen and oxygen atoms in total. The van der Waals surface area contributed by atoms with Crippen LogP contribution in [-0.4, -0.2) is 14.7 Å². The van der Waals surface area contributed by atoms with Crippen molar-refractivity contribution >= 4 is 11.0 Å². The van der Waals surface area contributed by atoms with Crippen LogP contribution < -0.4 is 5.56 Å². The molecule has 100 valence electrons. The highest BCUT2D eigenvalue weighted by atomic mass is 16.3. The molecule has 0 aliphatic carbocycles. The minimum Gasteiger partial charge on any atom is -0.507 e. The zero-order valence-electron chi connectivity index (χ0n) is 11.1. The number of rotatable bonds is 2. The maximum Gasteiger partial charge on any atom is 0.256 e. The largest absolute Gasteiger partial charge is 0.507 e. The first-order valence-electron chi connectivity index (χ1n) is 6.39. The van der Waals surface area contributed by atoms with E-state index in [2.05, 4.69) is 4.98 Å². The van der Waals surface area contributed by atoms with Crippen molar-refractivity contribution in [1.82, 2.24) is 9.55 Å². The van der Waals surface area contributed by atoms with Crippen LogP contribution in [0.1, 0.15) is 11.1 Å². The molecule has 0 bridgehead atoms. The molecule has 0 aliphatic heterocycles. The first-order valence-corrected chi connectivity index (χ1v) is 6.39. The normalized spacial score (nSPS) is 10.8. The van der Waals surface area contributed by atoms with Crippen molar-refractivity contribution in [1.29, 1.82) is 0 Å². The Morgan fingerprint density at radius 3 is 2.80 bits per heavy atom. The number of hydrogen-bond donors (Lipinski definition) is 1. The van der Waals surface area contributed by atoms with E-state index in [1.807, 2.05) is 31.2 Å². The first-order chi connectivity index (χ1) is 9.66. The third kappa shape index (κ3) is 2.05. The molecule has 2 heterocycles. The summed E-state index contributed by atoms with van der Waals surface area (Å²) in [5.74, 6) is -0.0286. The molecule has 2 aromatic heterocycles. The molecule has 0 aliphatic rings. The molecule has 0 saturated heterocycles. The molecular weight excluding hydrogens is 252 g/mol. The number of nitrogens with zero attached hydrogens (tertiary/aromatic N) is 2. The Labute approximate surface area is 116 Å². The van der Waals surface area contributed by atoms with E-state index < -0.39 is 0 Å². The van der Waals surface area contributed by atoms with Crippen molar-refractivity contribution in [2.45, 2.75) is 13.5 Å². The number of aromatic hydroxyl groups is 1. The van der Waals surface area contributed by atoms with Crippen LogP contribution in [0.4, 0.5) is 0 Å². The van der Waals surface area contributed by atoms with Crippen molar-refractivity contribution in [2.75, 3.05) is 0 Å². The summed E-state index contributed by atoms with van der Waals surface area (Å²) < 4.78 is 1.58. The van der Waals surface area contributed by atoms with Gasteiger partial charge in [0.05, 0.1) is 11.9 Å². The highest BCUT2D eigenvalue weighted by Crippen LogP contribution is 2.21. The van der Waals surface area contributed by atoms with E-state index in [1.54, 1.807) is 22.9 Å². The number of aromatic nitrogens is 2. The van der Waals surface area contributed by atoms with E-state index in [0.29, 0.717) is 17.6 Å². The van der Waals surface area contributed by atoms with Crippen LogP contribution in [0.2, 0.25) is 0 Å². The molecule has 3 rings (SSSR count). The minimum atomic E-state index is -0.253. The monoisotopic (exact) mass is 266 g/mol. The quantitative estimate of drug-likeness (QED) is 0.775. The average molecular weight is 266 g/mol. The van der Waals surface area contributed by atoms with Gasteiger partial charge in [-0.05, 0) is 30.2 Å². The molecule has 0 radical (unpaired) electrons. The van der Waals surface area contributed by atoms with Gasteiger partial charge >= 0.3 is 0 Å². The van der Waals surface area contributed by atoms with Crippen molar-refractivity contribution in [3.63, 3.8) is 0 Å². The fourth-order valence-corrected chi connectivity index (χ4v) is 2.30. The van der Waals surface area contributed by atoms with E-state index in [0.717, 1.165) is 11.1 Å². The summed E-state index contributed by atoms with van der Waals surface area (Å²) in [6, 6.07) is 12.6. The second-order valence-corrected chi connectivity index (χ2v) is 4.76. The third-order valence-electron chi connectivity index (χ3n) is 3.43. The Hall–Kier alpha value is -2.62. The van der Waals surface area contributed by atoms with Crippen LogP contribution in [0.3, 0.4) is 0 Å². The van der Waals surface area contributed by atoms with Crippen LogP contribution in [0.25, 0.3) is 11.0 Å². The lowest BCUT2D eigenvalue weighted by Crippen LogP contribution is -2.21. The molecular formula is C16H14N2O2. The summed E-state index contributed by atoms with van der Waals surface area (Å²) in [6.07, 6.45) is 1.62. The number of pyridine rings is 2. The van der Waals surface area contributed by atoms with Gasteiger partial charge in [0.15, 0.2) is 0 Å². The highest BCUT2D eigenvalue weighted by Gasteiger charge is 2.10. The summed E-state index contributed by atoms with van der Waals surface area (Å²) in [6.45, 7) is 2.45. The lowest BCUT2D eigenvalue weighted by Gasteiger charge is -2.11. The Bertz CT molecular complexity index is 837. The van der Waals surface area contributed by atoms with Crippen molar-refractivity contribution in [3.8, 4) is 5.75 Å². The molecule has 0 unspecified atom stereocenters. The number of fused-ring (bicyclic) bond motifs is 1. The SMILES string of the molecule is Cc1ccccc1Cn1c(=O)cc(O)c2cccnc21. The van der Waals surface area contributed by atoms with Crippen LogP contribution in [0.5, 0.6) is 5.75 Å². The lowest BCUT2D eigenvalue weighted by atomic mass is 10.1. The maximum absolute atomic E-state index is 12.1. The van der Waals surface area contributed by atoms with Gasteiger partial charge in [0.25, 0.3) is 5.56 Å². The van der Waals surface area contributed by atoms with Gasteiger partial charge < -0.3 is 5.11 Å². The predicted octanol–water partition coefficient (Wildman–Crippen LogP) is 2.46. The predicted molar refractivity (Wildman–Crippen MR) is 77.9 cm³/mol. The molecule has 0 saturated carbocycles. The molecule has 4 heteroatoms. The van der Waals surface area contributed by atoms with Gasteiger partial charge in [-0.15, -0.1) is 0 Å². The van der Waals surface area contributed by atoms with Crippen molar-refractivity contribution in [2.24, 2.45) is 0 Å². The number of aryl methyl sites for hydroxylation is 1. The van der Waals surface area contributed by atoms with Gasteiger partial charge in [-0.25, -0.2) is 4.98 Å². The van der Waals surface area contributed by atoms with Crippen LogP contribution in [0.15, 0.2) is 53.5 Å². The maximum atomic E-state index is 12.1. The second-order valence-electron chi connectivity index (χ2n) is 4.76. The fourth-order valence-electron chi connectivity index (χ4n) is 2.30. The number of benzene rings is 1. The zero-order valence-corrected chi connectivity index (χ0v) is 11.1. The summed E-state index contributed by atoms with van der Waals surface area (Å²) in [4.78, 5) is 16.4. The lowest BCUT2D eigenvalue weighted by molar-refractivity contribution is 0.479. The third-order valence-corrected chi connectivity index (χ3v) is 3.43. The van der Waals surface area contributed by atoms with E-state index >= 15 is 0 Å². The molecule has 3 aromatic rings. The Balaban J connectivity index is 2.22. The van der Waals surface area contributed by atoms with Crippen molar-refractivity contribution < 1.29 is 5.11 Å². The van der Waals surface area contributed by atoms with Crippen LogP contribution in [0, 0.1) is 6.92 Å². The molecule has 0 fully saturated rings. The van der Waals surface area contributed by atoms with E-state index in [4.69, 9.17) is 0 Å². The number of hydrogen-bond acceptors (Lipinski definition) is 3. The highest BCUT2D eigenvalue weighted by molar-refractivity contribution is 5.81. The topological polar surface area (TPSA) is 55.1 Å². The Kier molecular flexibility index (Phi) is 2.99. The van der Waals surface area contributed by atoms with Gasteiger partial charge in [-0.2, -0.15) is 0 Å². The van der Waals surface area contributed by atoms with Gasteiger partial charge in [0, 0.05) is 12.3 Å². The Morgan fingerprint density at radius 1 is 1.20 bits per heavy atom. The smallest absolute Gasteiger partial charge is 0.256 e. The molecule has 0 amide bonds. The standard InChI is InChI=1S/C16H14N2O2/c1-11-5-2-3-6-12(11)10-18-15(20)9-14(19)13-7-4-8-17-16(13)18/h2-9,19H,10H2,1H3. The molecule has 1 aromatic carbocycles. The summed E-state index contributed by atoms with van der Waals surface area (Å²) >= 11 is 0.